The van der Waals surface area contributed by atoms with E-state index in [9.17, 15) is 0 Å². The summed E-state index contributed by atoms with van der Waals surface area (Å²) < 4.78 is 17.6. The zero-order valence-corrected chi connectivity index (χ0v) is 14.4. The van der Waals surface area contributed by atoms with Gasteiger partial charge in [0.05, 0.1) is 30.1 Å². The van der Waals surface area contributed by atoms with Crippen molar-refractivity contribution in [2.24, 2.45) is 0 Å². The average molecular weight is 346 g/mol. The lowest BCUT2D eigenvalue weighted by Crippen LogP contribution is -2.39. The van der Waals surface area contributed by atoms with Gasteiger partial charge >= 0.3 is 0 Å². The van der Waals surface area contributed by atoms with Crippen molar-refractivity contribution >= 4 is 17.0 Å². The van der Waals surface area contributed by atoms with Crippen molar-refractivity contribution in [1.82, 2.24) is 4.98 Å². The predicted molar refractivity (Wildman–Crippen MR) is 93.4 cm³/mol. The maximum absolute atomic E-state index is 5.95. The molecule has 1 spiro atoms. The number of rotatable bonds is 5. The first-order valence-corrected chi connectivity index (χ1v) is 9.41. The van der Waals surface area contributed by atoms with Crippen LogP contribution < -0.4 is 10.1 Å². The second-order valence-electron chi connectivity index (χ2n) is 6.29. The number of hydrogen-bond acceptors (Lipinski definition) is 6. The fourth-order valence-corrected chi connectivity index (χ4v) is 3.92. The Morgan fingerprint density at radius 1 is 1.21 bits per heavy atom. The molecule has 1 saturated carbocycles. The number of aromatic nitrogens is 1. The van der Waals surface area contributed by atoms with E-state index >= 15 is 0 Å². The molecule has 0 radical (unpaired) electrons. The standard InChI is InChI=1S/C18H22N2O3S/c1-2-4-17(21-11-15-12-24-13-19-15)16(3-1)20-14-5-7-18(8-6-14)22-9-10-23-18/h1-4,12-14,20H,5-11H2. The molecule has 1 saturated heterocycles. The summed E-state index contributed by atoms with van der Waals surface area (Å²) in [6.07, 6.45) is 3.99. The molecule has 0 unspecified atom stereocenters. The topological polar surface area (TPSA) is 52.6 Å². The van der Waals surface area contributed by atoms with E-state index in [2.05, 4.69) is 16.4 Å². The monoisotopic (exact) mass is 346 g/mol. The molecule has 0 amide bonds. The third kappa shape index (κ3) is 3.55. The Kier molecular flexibility index (Phi) is 4.69. The van der Waals surface area contributed by atoms with E-state index in [1.54, 1.807) is 11.3 Å². The molecule has 24 heavy (non-hydrogen) atoms. The summed E-state index contributed by atoms with van der Waals surface area (Å²) in [5.41, 5.74) is 3.83. The maximum Gasteiger partial charge on any atom is 0.168 e. The van der Waals surface area contributed by atoms with Gasteiger partial charge in [0.1, 0.15) is 12.4 Å². The minimum atomic E-state index is -0.307. The van der Waals surface area contributed by atoms with Gasteiger partial charge in [0.25, 0.3) is 0 Å². The van der Waals surface area contributed by atoms with Crippen LogP contribution in [-0.2, 0) is 16.1 Å². The van der Waals surface area contributed by atoms with Crippen LogP contribution in [0.1, 0.15) is 31.4 Å². The molecule has 2 heterocycles. The average Bonchev–Trinajstić information content (AvgIpc) is 3.29. The molecule has 0 atom stereocenters. The Morgan fingerprint density at radius 2 is 2.00 bits per heavy atom. The van der Waals surface area contributed by atoms with Crippen molar-refractivity contribution in [3.8, 4) is 5.75 Å². The minimum absolute atomic E-state index is 0.307. The van der Waals surface area contributed by atoms with Crippen LogP contribution in [-0.4, -0.2) is 30.0 Å². The number of hydrogen-bond donors (Lipinski definition) is 1. The lowest BCUT2D eigenvalue weighted by atomic mass is 9.90. The zero-order valence-electron chi connectivity index (χ0n) is 13.6. The summed E-state index contributed by atoms with van der Waals surface area (Å²) >= 11 is 1.59. The number of ether oxygens (including phenoxy) is 3. The number of nitrogens with zero attached hydrogens (tertiary/aromatic N) is 1. The molecule has 6 heteroatoms. The van der Waals surface area contributed by atoms with E-state index in [4.69, 9.17) is 14.2 Å². The molecule has 128 valence electrons. The van der Waals surface area contributed by atoms with Gasteiger partial charge in [-0.2, -0.15) is 0 Å². The van der Waals surface area contributed by atoms with Crippen molar-refractivity contribution in [1.29, 1.82) is 0 Å². The molecule has 1 aliphatic carbocycles. The summed E-state index contributed by atoms with van der Waals surface area (Å²) in [4.78, 5) is 4.26. The van der Waals surface area contributed by atoms with E-state index in [0.717, 1.165) is 56.0 Å². The molecule has 1 aromatic carbocycles. The molecular formula is C18H22N2O3S. The van der Waals surface area contributed by atoms with Gasteiger partial charge in [-0.25, -0.2) is 4.98 Å². The van der Waals surface area contributed by atoms with Crippen molar-refractivity contribution < 1.29 is 14.2 Å². The Morgan fingerprint density at radius 3 is 2.75 bits per heavy atom. The second kappa shape index (κ2) is 7.09. The van der Waals surface area contributed by atoms with Crippen LogP contribution in [0.3, 0.4) is 0 Å². The van der Waals surface area contributed by atoms with Gasteiger partial charge in [-0.05, 0) is 25.0 Å². The number of para-hydroxylation sites is 2. The van der Waals surface area contributed by atoms with Crippen molar-refractivity contribution in [2.45, 2.75) is 44.1 Å². The van der Waals surface area contributed by atoms with Gasteiger partial charge < -0.3 is 19.5 Å². The van der Waals surface area contributed by atoms with Crippen LogP contribution in [0.4, 0.5) is 5.69 Å². The molecule has 2 aliphatic rings. The highest BCUT2D eigenvalue weighted by Gasteiger charge is 2.40. The number of thiazole rings is 1. The first-order chi connectivity index (χ1) is 11.8. The number of benzene rings is 1. The Labute approximate surface area is 146 Å². The molecule has 2 aromatic rings. The fourth-order valence-electron chi connectivity index (χ4n) is 3.38. The highest BCUT2D eigenvalue weighted by molar-refractivity contribution is 7.07. The second-order valence-corrected chi connectivity index (χ2v) is 7.01. The summed E-state index contributed by atoms with van der Waals surface area (Å²) in [5.74, 6) is 0.567. The maximum atomic E-state index is 5.95. The summed E-state index contributed by atoms with van der Waals surface area (Å²) in [6, 6.07) is 8.53. The smallest absolute Gasteiger partial charge is 0.168 e. The van der Waals surface area contributed by atoms with Gasteiger partial charge in [-0.3, -0.25) is 0 Å². The van der Waals surface area contributed by atoms with Crippen molar-refractivity contribution in [3.63, 3.8) is 0 Å². The SMILES string of the molecule is c1ccc(OCc2cscn2)c(NC2CCC3(CC2)OCCO3)c1. The predicted octanol–water partition coefficient (Wildman–Crippen LogP) is 3.82. The van der Waals surface area contributed by atoms with Crippen LogP contribution in [0.25, 0.3) is 0 Å². The lowest BCUT2D eigenvalue weighted by molar-refractivity contribution is -0.177. The van der Waals surface area contributed by atoms with E-state index in [1.165, 1.54) is 0 Å². The molecule has 1 aromatic heterocycles. The summed E-state index contributed by atoms with van der Waals surface area (Å²) in [7, 11) is 0. The van der Waals surface area contributed by atoms with Crippen LogP contribution in [0, 0.1) is 0 Å². The third-order valence-corrected chi connectivity index (χ3v) is 5.30. The summed E-state index contributed by atoms with van der Waals surface area (Å²) in [6.45, 7) is 1.95. The highest BCUT2D eigenvalue weighted by Crippen LogP contribution is 2.37. The van der Waals surface area contributed by atoms with Gasteiger partial charge in [-0.15, -0.1) is 11.3 Å². The van der Waals surface area contributed by atoms with E-state index < -0.39 is 0 Å². The van der Waals surface area contributed by atoms with E-state index in [1.807, 2.05) is 29.1 Å². The first-order valence-electron chi connectivity index (χ1n) is 8.46. The van der Waals surface area contributed by atoms with Crippen LogP contribution in [0.15, 0.2) is 35.2 Å². The third-order valence-electron chi connectivity index (χ3n) is 4.67. The van der Waals surface area contributed by atoms with Gasteiger partial charge in [0.2, 0.25) is 0 Å². The molecule has 1 N–H and O–H groups in total. The highest BCUT2D eigenvalue weighted by atomic mass is 32.1. The van der Waals surface area contributed by atoms with Crippen molar-refractivity contribution in [2.75, 3.05) is 18.5 Å². The molecule has 0 bridgehead atoms. The largest absolute Gasteiger partial charge is 0.485 e. The van der Waals surface area contributed by atoms with Gasteiger partial charge in [-0.1, -0.05) is 12.1 Å². The quantitative estimate of drug-likeness (QED) is 0.892. The number of nitrogens with one attached hydrogen (secondary N) is 1. The van der Waals surface area contributed by atoms with Crippen LogP contribution >= 0.6 is 11.3 Å². The Hall–Kier alpha value is -1.63. The molecule has 1 aliphatic heterocycles. The molecule has 5 nitrogen and oxygen atoms in total. The lowest BCUT2D eigenvalue weighted by Gasteiger charge is -2.36. The first kappa shape index (κ1) is 15.9. The number of anilines is 1. The molecule has 4 rings (SSSR count). The molecule has 2 fully saturated rings. The zero-order chi connectivity index (χ0) is 16.2. The van der Waals surface area contributed by atoms with E-state index in [-0.39, 0.29) is 5.79 Å². The van der Waals surface area contributed by atoms with Crippen molar-refractivity contribution in [3.05, 3.63) is 40.8 Å². The normalized spacial score (nSPS) is 20.3. The minimum Gasteiger partial charge on any atom is -0.485 e. The fraction of sp³-hybridized carbons (Fsp3) is 0.500. The van der Waals surface area contributed by atoms with Crippen LogP contribution in [0.5, 0.6) is 5.75 Å². The van der Waals surface area contributed by atoms with Crippen LogP contribution in [0.2, 0.25) is 0 Å². The van der Waals surface area contributed by atoms with Gasteiger partial charge in [0, 0.05) is 24.3 Å². The van der Waals surface area contributed by atoms with Gasteiger partial charge in [0.15, 0.2) is 5.79 Å². The molecular weight excluding hydrogens is 324 g/mol. The van der Waals surface area contributed by atoms with E-state index in [0.29, 0.717) is 12.6 Å². The summed E-state index contributed by atoms with van der Waals surface area (Å²) in [5, 5.41) is 5.64. The Bertz CT molecular complexity index is 646. The Balaban J connectivity index is 1.36.